The first kappa shape index (κ1) is 18.5. The van der Waals surface area contributed by atoms with Crippen LogP contribution in [0.5, 0.6) is 0 Å². The SMILES string of the molecule is CCN(CC(=O)NCc1ccc(F)cc1)C(=O)c1ccnc2ccccc12. The minimum Gasteiger partial charge on any atom is -0.350 e. The van der Waals surface area contributed by atoms with Gasteiger partial charge >= 0.3 is 0 Å². The number of para-hydroxylation sites is 1. The molecule has 3 aromatic rings. The van der Waals surface area contributed by atoms with Gasteiger partial charge in [0.2, 0.25) is 5.91 Å². The summed E-state index contributed by atoms with van der Waals surface area (Å²) in [7, 11) is 0. The third-order valence-corrected chi connectivity index (χ3v) is 4.29. The van der Waals surface area contributed by atoms with Crippen LogP contribution in [0.15, 0.2) is 60.8 Å². The van der Waals surface area contributed by atoms with Crippen molar-refractivity contribution in [3.05, 3.63) is 77.7 Å². The minimum atomic E-state index is -0.322. The van der Waals surface area contributed by atoms with Crippen LogP contribution in [0.3, 0.4) is 0 Å². The lowest BCUT2D eigenvalue weighted by atomic mass is 10.1. The van der Waals surface area contributed by atoms with Gasteiger partial charge in [-0.05, 0) is 36.8 Å². The molecule has 138 valence electrons. The topological polar surface area (TPSA) is 62.3 Å². The number of halogens is 1. The molecule has 0 saturated heterocycles. The molecule has 6 heteroatoms. The van der Waals surface area contributed by atoms with Crippen molar-refractivity contribution in [2.75, 3.05) is 13.1 Å². The standard InChI is InChI=1S/C21H20FN3O2/c1-2-25(14-20(26)24-13-15-7-9-16(22)10-8-15)21(27)18-11-12-23-19-6-4-3-5-17(18)19/h3-12H,2,13-14H2,1H3,(H,24,26). The first-order valence-electron chi connectivity index (χ1n) is 8.72. The van der Waals surface area contributed by atoms with Gasteiger partial charge in [-0.2, -0.15) is 0 Å². The number of fused-ring (bicyclic) bond motifs is 1. The van der Waals surface area contributed by atoms with E-state index in [4.69, 9.17) is 0 Å². The molecular formula is C21H20FN3O2. The van der Waals surface area contributed by atoms with Gasteiger partial charge in [-0.25, -0.2) is 4.39 Å². The van der Waals surface area contributed by atoms with E-state index in [-0.39, 0.29) is 30.7 Å². The van der Waals surface area contributed by atoms with Crippen molar-refractivity contribution in [1.29, 1.82) is 0 Å². The highest BCUT2D eigenvalue weighted by Crippen LogP contribution is 2.18. The largest absolute Gasteiger partial charge is 0.350 e. The van der Waals surface area contributed by atoms with Crippen molar-refractivity contribution >= 4 is 22.7 Å². The van der Waals surface area contributed by atoms with Crippen LogP contribution in [0, 0.1) is 5.82 Å². The molecule has 0 aliphatic carbocycles. The number of carbonyl (C=O) groups is 2. The van der Waals surface area contributed by atoms with Crippen molar-refractivity contribution in [3.63, 3.8) is 0 Å². The Kier molecular flexibility index (Phi) is 5.76. The number of carbonyl (C=O) groups excluding carboxylic acids is 2. The molecule has 5 nitrogen and oxygen atoms in total. The molecular weight excluding hydrogens is 345 g/mol. The predicted molar refractivity (Wildman–Crippen MR) is 102 cm³/mol. The Morgan fingerprint density at radius 1 is 1.07 bits per heavy atom. The molecule has 0 aliphatic heterocycles. The molecule has 3 rings (SSSR count). The highest BCUT2D eigenvalue weighted by atomic mass is 19.1. The molecule has 2 aromatic carbocycles. The zero-order valence-corrected chi connectivity index (χ0v) is 15.0. The second-order valence-corrected chi connectivity index (χ2v) is 6.10. The van der Waals surface area contributed by atoms with Crippen molar-refractivity contribution in [1.82, 2.24) is 15.2 Å². The van der Waals surface area contributed by atoms with E-state index in [0.29, 0.717) is 12.1 Å². The number of nitrogens with one attached hydrogen (secondary N) is 1. The average Bonchev–Trinajstić information content (AvgIpc) is 2.70. The molecule has 1 heterocycles. The molecule has 0 atom stereocenters. The predicted octanol–water partition coefficient (Wildman–Crippen LogP) is 3.15. The number of amides is 2. The molecule has 0 aliphatic rings. The Morgan fingerprint density at radius 3 is 2.56 bits per heavy atom. The maximum absolute atomic E-state index is 12.9. The Bertz CT molecular complexity index is 952. The van der Waals surface area contributed by atoms with Crippen LogP contribution < -0.4 is 5.32 Å². The highest BCUT2D eigenvalue weighted by molar-refractivity contribution is 6.06. The lowest BCUT2D eigenvalue weighted by Crippen LogP contribution is -2.40. The first-order chi connectivity index (χ1) is 13.1. The van der Waals surface area contributed by atoms with Crippen LogP contribution in [-0.2, 0) is 11.3 Å². The normalized spacial score (nSPS) is 10.6. The summed E-state index contributed by atoms with van der Waals surface area (Å²) in [6, 6.07) is 15.0. The number of hydrogen-bond acceptors (Lipinski definition) is 3. The van der Waals surface area contributed by atoms with Crippen LogP contribution in [-0.4, -0.2) is 34.8 Å². The maximum atomic E-state index is 12.9. The smallest absolute Gasteiger partial charge is 0.255 e. The lowest BCUT2D eigenvalue weighted by molar-refractivity contribution is -0.121. The summed E-state index contributed by atoms with van der Waals surface area (Å²) in [6.45, 7) is 2.46. The van der Waals surface area contributed by atoms with Gasteiger partial charge in [0, 0.05) is 24.7 Å². The summed E-state index contributed by atoms with van der Waals surface area (Å²) in [6.07, 6.45) is 1.60. The number of nitrogens with zero attached hydrogens (tertiary/aromatic N) is 2. The van der Waals surface area contributed by atoms with Crippen molar-refractivity contribution in [3.8, 4) is 0 Å². The van der Waals surface area contributed by atoms with Gasteiger partial charge in [0.15, 0.2) is 0 Å². The maximum Gasteiger partial charge on any atom is 0.255 e. The van der Waals surface area contributed by atoms with E-state index < -0.39 is 0 Å². The second-order valence-electron chi connectivity index (χ2n) is 6.10. The summed E-state index contributed by atoms with van der Waals surface area (Å²) in [5.74, 6) is -0.807. The number of hydrogen-bond donors (Lipinski definition) is 1. The average molecular weight is 365 g/mol. The molecule has 27 heavy (non-hydrogen) atoms. The summed E-state index contributed by atoms with van der Waals surface area (Å²) < 4.78 is 12.9. The van der Waals surface area contributed by atoms with E-state index in [1.165, 1.54) is 17.0 Å². The fourth-order valence-corrected chi connectivity index (χ4v) is 2.81. The minimum absolute atomic E-state index is 0.0484. The van der Waals surface area contributed by atoms with Crippen LogP contribution in [0.2, 0.25) is 0 Å². The molecule has 1 N–H and O–H groups in total. The second kappa shape index (κ2) is 8.40. The van der Waals surface area contributed by atoms with Gasteiger partial charge in [-0.15, -0.1) is 0 Å². The fourth-order valence-electron chi connectivity index (χ4n) is 2.81. The molecule has 0 bridgehead atoms. The number of aromatic nitrogens is 1. The number of benzene rings is 2. The summed E-state index contributed by atoms with van der Waals surface area (Å²) in [5, 5.41) is 3.52. The third kappa shape index (κ3) is 4.47. The Balaban J connectivity index is 1.67. The quantitative estimate of drug-likeness (QED) is 0.730. The fraction of sp³-hybridized carbons (Fsp3) is 0.190. The van der Waals surface area contributed by atoms with Crippen LogP contribution >= 0.6 is 0 Å². The number of pyridine rings is 1. The molecule has 0 spiro atoms. The van der Waals surface area contributed by atoms with Gasteiger partial charge in [-0.1, -0.05) is 30.3 Å². The number of likely N-dealkylation sites (N-methyl/N-ethyl adjacent to an activating group) is 1. The monoisotopic (exact) mass is 365 g/mol. The van der Waals surface area contributed by atoms with E-state index >= 15 is 0 Å². The van der Waals surface area contributed by atoms with E-state index in [2.05, 4.69) is 10.3 Å². The molecule has 0 unspecified atom stereocenters. The summed E-state index contributed by atoms with van der Waals surface area (Å²) >= 11 is 0. The first-order valence-corrected chi connectivity index (χ1v) is 8.72. The van der Waals surface area contributed by atoms with Crippen molar-refractivity contribution in [2.24, 2.45) is 0 Å². The highest BCUT2D eigenvalue weighted by Gasteiger charge is 2.19. The van der Waals surface area contributed by atoms with E-state index in [1.807, 2.05) is 31.2 Å². The molecule has 0 fully saturated rings. The Hall–Kier alpha value is -3.28. The molecule has 0 saturated carbocycles. The Morgan fingerprint density at radius 2 is 1.81 bits per heavy atom. The van der Waals surface area contributed by atoms with Gasteiger partial charge in [-0.3, -0.25) is 14.6 Å². The lowest BCUT2D eigenvalue weighted by Gasteiger charge is -2.21. The van der Waals surface area contributed by atoms with E-state index in [9.17, 15) is 14.0 Å². The van der Waals surface area contributed by atoms with Gasteiger partial charge in [0.25, 0.3) is 5.91 Å². The third-order valence-electron chi connectivity index (χ3n) is 4.29. The van der Waals surface area contributed by atoms with Crippen molar-refractivity contribution in [2.45, 2.75) is 13.5 Å². The molecule has 0 radical (unpaired) electrons. The van der Waals surface area contributed by atoms with E-state index in [1.54, 1.807) is 24.4 Å². The van der Waals surface area contributed by atoms with Gasteiger partial charge < -0.3 is 10.2 Å². The van der Waals surface area contributed by atoms with Gasteiger partial charge in [0.05, 0.1) is 17.6 Å². The molecule has 2 amide bonds. The molecule has 1 aromatic heterocycles. The van der Waals surface area contributed by atoms with Crippen LogP contribution in [0.4, 0.5) is 4.39 Å². The van der Waals surface area contributed by atoms with Gasteiger partial charge in [0.1, 0.15) is 5.82 Å². The summed E-state index contributed by atoms with van der Waals surface area (Å²) in [4.78, 5) is 30.9. The zero-order chi connectivity index (χ0) is 19.2. The van der Waals surface area contributed by atoms with Crippen LogP contribution in [0.25, 0.3) is 10.9 Å². The number of rotatable bonds is 6. The van der Waals surface area contributed by atoms with Crippen molar-refractivity contribution < 1.29 is 14.0 Å². The Labute approximate surface area is 156 Å². The summed E-state index contributed by atoms with van der Waals surface area (Å²) in [5.41, 5.74) is 2.05. The zero-order valence-electron chi connectivity index (χ0n) is 15.0. The van der Waals surface area contributed by atoms with Crippen LogP contribution in [0.1, 0.15) is 22.8 Å². The van der Waals surface area contributed by atoms with E-state index in [0.717, 1.165) is 16.5 Å².